The number of hydrogen-bond donors (Lipinski definition) is 0. The van der Waals surface area contributed by atoms with E-state index in [-0.39, 0.29) is 37.2 Å². The molecule has 1 amide bonds. The lowest BCUT2D eigenvalue weighted by molar-refractivity contribution is -0.137. The van der Waals surface area contributed by atoms with Gasteiger partial charge in [0.15, 0.2) is 0 Å². The van der Waals surface area contributed by atoms with Crippen LogP contribution in [0.3, 0.4) is 0 Å². The molecule has 0 aromatic rings. The molecule has 0 spiro atoms. The van der Waals surface area contributed by atoms with Crippen molar-refractivity contribution in [1.82, 2.24) is 22.7 Å². The SMILES string of the molecule is CCCS(=O)(=O)N1CCCC(C(=O)N2CCN(S(=O)(=O)N3CCN(C)CC3)CC2)C1. The molecule has 174 valence electrons. The topological polar surface area (TPSA) is 102 Å². The molecule has 3 fully saturated rings. The summed E-state index contributed by atoms with van der Waals surface area (Å²) in [7, 11) is -4.83. The first-order valence-corrected chi connectivity index (χ1v) is 13.9. The van der Waals surface area contributed by atoms with E-state index < -0.39 is 20.2 Å². The maximum atomic E-state index is 13.0. The molecular weight excluding hydrogens is 430 g/mol. The maximum absolute atomic E-state index is 13.0. The number of likely N-dealkylation sites (N-methyl/N-ethyl adjacent to an activating group) is 1. The summed E-state index contributed by atoms with van der Waals surface area (Å²) in [6, 6.07) is 0. The van der Waals surface area contributed by atoms with E-state index in [2.05, 4.69) is 4.90 Å². The first-order valence-electron chi connectivity index (χ1n) is 10.9. The second kappa shape index (κ2) is 9.78. The number of piperazine rings is 2. The van der Waals surface area contributed by atoms with Crippen molar-refractivity contribution in [3.63, 3.8) is 0 Å². The van der Waals surface area contributed by atoms with Crippen LogP contribution in [0.2, 0.25) is 0 Å². The molecule has 30 heavy (non-hydrogen) atoms. The number of carbonyl (C=O) groups is 1. The number of carbonyl (C=O) groups excluding carboxylic acids is 1. The zero-order valence-corrected chi connectivity index (χ0v) is 19.7. The van der Waals surface area contributed by atoms with Crippen LogP contribution in [0.4, 0.5) is 0 Å². The van der Waals surface area contributed by atoms with E-state index in [1.165, 1.54) is 12.9 Å². The van der Waals surface area contributed by atoms with Crippen molar-refractivity contribution in [2.75, 3.05) is 78.2 Å². The van der Waals surface area contributed by atoms with Crippen LogP contribution in [-0.2, 0) is 25.0 Å². The van der Waals surface area contributed by atoms with Gasteiger partial charge in [-0.2, -0.15) is 17.0 Å². The molecule has 3 saturated heterocycles. The van der Waals surface area contributed by atoms with Crippen molar-refractivity contribution in [1.29, 1.82) is 0 Å². The van der Waals surface area contributed by atoms with Gasteiger partial charge >= 0.3 is 0 Å². The first-order chi connectivity index (χ1) is 14.1. The Bertz CT molecular complexity index is 803. The third kappa shape index (κ3) is 5.33. The molecule has 0 aromatic heterocycles. The lowest BCUT2D eigenvalue weighted by Gasteiger charge is -2.40. The minimum Gasteiger partial charge on any atom is -0.340 e. The van der Waals surface area contributed by atoms with Crippen molar-refractivity contribution < 1.29 is 21.6 Å². The van der Waals surface area contributed by atoms with E-state index in [0.717, 1.165) is 13.1 Å². The van der Waals surface area contributed by atoms with E-state index in [4.69, 9.17) is 0 Å². The maximum Gasteiger partial charge on any atom is 0.282 e. The fourth-order valence-corrected chi connectivity index (χ4v) is 7.53. The van der Waals surface area contributed by atoms with Crippen LogP contribution < -0.4 is 0 Å². The summed E-state index contributed by atoms with van der Waals surface area (Å²) in [5, 5.41) is 0. The van der Waals surface area contributed by atoms with E-state index in [1.54, 1.807) is 4.90 Å². The average molecular weight is 466 g/mol. The van der Waals surface area contributed by atoms with Gasteiger partial charge in [-0.3, -0.25) is 4.79 Å². The zero-order chi connectivity index (χ0) is 21.9. The predicted molar refractivity (Wildman–Crippen MR) is 115 cm³/mol. The van der Waals surface area contributed by atoms with E-state index >= 15 is 0 Å². The van der Waals surface area contributed by atoms with Gasteiger partial charge in [0.1, 0.15) is 0 Å². The fraction of sp³-hybridized carbons (Fsp3) is 0.944. The van der Waals surface area contributed by atoms with Gasteiger partial charge in [-0.1, -0.05) is 6.92 Å². The van der Waals surface area contributed by atoms with Crippen LogP contribution in [0.15, 0.2) is 0 Å². The minimum absolute atomic E-state index is 0.0527. The van der Waals surface area contributed by atoms with Gasteiger partial charge in [0, 0.05) is 65.4 Å². The van der Waals surface area contributed by atoms with E-state index in [1.807, 2.05) is 14.0 Å². The molecule has 0 aliphatic carbocycles. The van der Waals surface area contributed by atoms with Crippen LogP contribution >= 0.6 is 0 Å². The minimum atomic E-state index is -3.50. The predicted octanol–water partition coefficient (Wildman–Crippen LogP) is -0.925. The normalized spacial score (nSPS) is 26.7. The Hall–Kier alpha value is -0.790. The number of amides is 1. The molecule has 1 atom stereocenters. The van der Waals surface area contributed by atoms with Gasteiger partial charge in [-0.05, 0) is 26.3 Å². The number of piperidine rings is 1. The molecule has 0 N–H and O–H groups in total. The van der Waals surface area contributed by atoms with Crippen LogP contribution in [0.25, 0.3) is 0 Å². The fourth-order valence-electron chi connectivity index (χ4n) is 4.36. The summed E-state index contributed by atoms with van der Waals surface area (Å²) in [6.07, 6.45) is 1.91. The van der Waals surface area contributed by atoms with Gasteiger partial charge in [-0.25, -0.2) is 12.7 Å². The monoisotopic (exact) mass is 465 g/mol. The highest BCUT2D eigenvalue weighted by Crippen LogP contribution is 2.23. The second-order valence-electron chi connectivity index (χ2n) is 8.45. The molecule has 1 unspecified atom stereocenters. The summed E-state index contributed by atoms with van der Waals surface area (Å²) in [4.78, 5) is 16.8. The van der Waals surface area contributed by atoms with Gasteiger partial charge < -0.3 is 9.80 Å². The van der Waals surface area contributed by atoms with Crippen molar-refractivity contribution >= 4 is 26.1 Å². The molecular formula is C18H35N5O5S2. The van der Waals surface area contributed by atoms with Crippen LogP contribution in [0.1, 0.15) is 26.2 Å². The number of nitrogens with zero attached hydrogens (tertiary/aromatic N) is 5. The van der Waals surface area contributed by atoms with Crippen LogP contribution in [-0.4, -0.2) is 124 Å². The van der Waals surface area contributed by atoms with Crippen molar-refractivity contribution in [3.8, 4) is 0 Å². The Balaban J connectivity index is 1.55. The Kier molecular flexibility index (Phi) is 7.78. The van der Waals surface area contributed by atoms with Crippen LogP contribution in [0.5, 0.6) is 0 Å². The van der Waals surface area contributed by atoms with Gasteiger partial charge in [0.05, 0.1) is 11.7 Å². The van der Waals surface area contributed by atoms with Crippen molar-refractivity contribution in [2.45, 2.75) is 26.2 Å². The Morgan fingerprint density at radius 1 is 0.833 bits per heavy atom. The molecule has 0 radical (unpaired) electrons. The van der Waals surface area contributed by atoms with Gasteiger partial charge in [0.2, 0.25) is 15.9 Å². The quantitative estimate of drug-likeness (QED) is 0.503. The molecule has 0 aromatic carbocycles. The van der Waals surface area contributed by atoms with Gasteiger partial charge in [0.25, 0.3) is 10.2 Å². The number of hydrogen-bond acceptors (Lipinski definition) is 6. The molecule has 10 nitrogen and oxygen atoms in total. The van der Waals surface area contributed by atoms with Crippen molar-refractivity contribution in [2.24, 2.45) is 5.92 Å². The lowest BCUT2D eigenvalue weighted by Crippen LogP contribution is -2.58. The van der Waals surface area contributed by atoms with Gasteiger partial charge in [-0.15, -0.1) is 0 Å². The third-order valence-electron chi connectivity index (χ3n) is 6.25. The molecule has 0 bridgehead atoms. The summed E-state index contributed by atoms with van der Waals surface area (Å²) in [5.41, 5.74) is 0. The molecule has 3 aliphatic rings. The standard InChI is InChI=1S/C18H35N5O5S2/c1-3-15-29(25,26)23-6-4-5-17(16-23)18(24)20-9-13-22(14-10-20)30(27,28)21-11-7-19(2)8-12-21/h17H,3-16H2,1-2H3. The summed E-state index contributed by atoms with van der Waals surface area (Å²) < 4.78 is 55.0. The highest BCUT2D eigenvalue weighted by Gasteiger charge is 2.38. The van der Waals surface area contributed by atoms with E-state index in [9.17, 15) is 21.6 Å². The highest BCUT2D eigenvalue weighted by atomic mass is 32.2. The van der Waals surface area contributed by atoms with Crippen LogP contribution in [0, 0.1) is 5.92 Å². The molecule has 3 aliphatic heterocycles. The number of sulfonamides is 1. The summed E-state index contributed by atoms with van der Waals surface area (Å²) in [5.74, 6) is -0.286. The molecule has 3 rings (SSSR count). The lowest BCUT2D eigenvalue weighted by atomic mass is 9.98. The zero-order valence-electron chi connectivity index (χ0n) is 18.1. The third-order valence-corrected chi connectivity index (χ3v) is 10.3. The van der Waals surface area contributed by atoms with E-state index in [0.29, 0.717) is 52.0 Å². The number of rotatable bonds is 6. The summed E-state index contributed by atoms with van der Waals surface area (Å²) in [6.45, 7) is 6.23. The molecule has 0 saturated carbocycles. The molecule has 3 heterocycles. The van der Waals surface area contributed by atoms with Crippen molar-refractivity contribution in [3.05, 3.63) is 0 Å². The molecule has 12 heteroatoms. The Labute approximate surface area is 181 Å². The summed E-state index contributed by atoms with van der Waals surface area (Å²) >= 11 is 0. The highest BCUT2D eigenvalue weighted by molar-refractivity contribution is 7.89. The Morgan fingerprint density at radius 3 is 1.97 bits per heavy atom. The first kappa shape index (κ1) is 23.9. The average Bonchev–Trinajstić information content (AvgIpc) is 2.74. The second-order valence-corrected chi connectivity index (χ2v) is 12.5. The Morgan fingerprint density at radius 2 is 1.40 bits per heavy atom. The smallest absolute Gasteiger partial charge is 0.282 e. The largest absolute Gasteiger partial charge is 0.340 e.